The Morgan fingerprint density at radius 1 is 1.16 bits per heavy atom. The van der Waals surface area contributed by atoms with Gasteiger partial charge in [-0.15, -0.1) is 0 Å². The van der Waals surface area contributed by atoms with Crippen LogP contribution in [-0.4, -0.2) is 33.2 Å². The van der Waals surface area contributed by atoms with Gasteiger partial charge < -0.3 is 10.3 Å². The second-order valence-electron chi connectivity index (χ2n) is 6.69. The van der Waals surface area contributed by atoms with E-state index < -0.39 is 0 Å². The van der Waals surface area contributed by atoms with Crippen molar-refractivity contribution < 1.29 is 9.59 Å². The molecular weight excluding hydrogens is 316 g/mol. The molecule has 25 heavy (non-hydrogen) atoms. The second-order valence-corrected chi connectivity index (χ2v) is 6.69. The minimum absolute atomic E-state index is 0.0679. The summed E-state index contributed by atoms with van der Waals surface area (Å²) in [5.74, 6) is 0.545. The number of rotatable bonds is 5. The van der Waals surface area contributed by atoms with Crippen LogP contribution in [0.5, 0.6) is 0 Å². The fourth-order valence-electron chi connectivity index (χ4n) is 3.61. The van der Waals surface area contributed by atoms with Crippen molar-refractivity contribution >= 4 is 11.7 Å². The van der Waals surface area contributed by atoms with Gasteiger partial charge in [-0.1, -0.05) is 0 Å². The van der Waals surface area contributed by atoms with Crippen molar-refractivity contribution in [2.75, 3.05) is 6.54 Å². The zero-order valence-corrected chi connectivity index (χ0v) is 15.2. The van der Waals surface area contributed by atoms with Crippen LogP contribution in [0.3, 0.4) is 0 Å². The Hall–Kier alpha value is -2.50. The summed E-state index contributed by atoms with van der Waals surface area (Å²) in [5.41, 5.74) is 5.99. The lowest BCUT2D eigenvalue weighted by molar-refractivity contribution is 0.0952. The van der Waals surface area contributed by atoms with Gasteiger partial charge in [0.2, 0.25) is 0 Å². The number of H-pyrrole nitrogens is 1. The van der Waals surface area contributed by atoms with Crippen molar-refractivity contribution in [2.24, 2.45) is 0 Å². The summed E-state index contributed by atoms with van der Waals surface area (Å²) in [4.78, 5) is 36.3. The molecule has 0 fully saturated rings. The third kappa shape index (κ3) is 3.34. The number of aromatic amines is 1. The second kappa shape index (κ2) is 6.78. The predicted molar refractivity (Wildman–Crippen MR) is 95.1 cm³/mol. The maximum absolute atomic E-state index is 12.5. The zero-order chi connectivity index (χ0) is 18.1. The Bertz CT molecular complexity index is 852. The summed E-state index contributed by atoms with van der Waals surface area (Å²) in [6.07, 6.45) is 3.84. The summed E-state index contributed by atoms with van der Waals surface area (Å²) in [6, 6.07) is 0. The first kappa shape index (κ1) is 17.3. The lowest BCUT2D eigenvalue weighted by Crippen LogP contribution is -2.27. The molecule has 0 aliphatic heterocycles. The molecule has 2 aromatic heterocycles. The minimum atomic E-state index is -0.170. The molecule has 0 saturated heterocycles. The topological polar surface area (TPSA) is 87.7 Å². The van der Waals surface area contributed by atoms with Crippen molar-refractivity contribution in [2.45, 2.75) is 53.4 Å². The Balaban J connectivity index is 1.66. The van der Waals surface area contributed by atoms with Crippen LogP contribution in [-0.2, 0) is 19.3 Å². The first-order valence-electron chi connectivity index (χ1n) is 8.72. The van der Waals surface area contributed by atoms with Gasteiger partial charge in [-0.25, -0.2) is 9.97 Å². The molecular formula is C19H24N4O2. The van der Waals surface area contributed by atoms with Gasteiger partial charge in [0, 0.05) is 37.0 Å². The monoisotopic (exact) mass is 340 g/mol. The third-order valence-corrected chi connectivity index (χ3v) is 4.84. The average molecular weight is 340 g/mol. The molecule has 2 heterocycles. The number of nitrogens with one attached hydrogen (secondary N) is 2. The van der Waals surface area contributed by atoms with E-state index in [1.165, 1.54) is 12.5 Å². The number of aryl methyl sites for hydroxylation is 3. The lowest BCUT2D eigenvalue weighted by Gasteiger charge is -2.08. The molecule has 6 nitrogen and oxygen atoms in total. The van der Waals surface area contributed by atoms with Crippen molar-refractivity contribution in [1.82, 2.24) is 20.3 Å². The number of hydrogen-bond acceptors (Lipinski definition) is 4. The van der Waals surface area contributed by atoms with Crippen LogP contribution in [0.1, 0.15) is 68.2 Å². The van der Waals surface area contributed by atoms with E-state index in [-0.39, 0.29) is 11.7 Å². The highest BCUT2D eigenvalue weighted by molar-refractivity contribution is 6.02. The Kier molecular flexibility index (Phi) is 4.70. The van der Waals surface area contributed by atoms with Crippen molar-refractivity contribution in [3.05, 3.63) is 45.3 Å². The maximum atomic E-state index is 12.5. The van der Waals surface area contributed by atoms with Gasteiger partial charge >= 0.3 is 0 Å². The van der Waals surface area contributed by atoms with Gasteiger partial charge in [0.15, 0.2) is 5.78 Å². The van der Waals surface area contributed by atoms with E-state index >= 15 is 0 Å². The highest BCUT2D eigenvalue weighted by atomic mass is 16.1. The molecule has 3 rings (SSSR count). The Labute approximate surface area is 147 Å². The first-order valence-corrected chi connectivity index (χ1v) is 8.72. The van der Waals surface area contributed by atoms with Gasteiger partial charge in [0.1, 0.15) is 5.82 Å². The van der Waals surface area contributed by atoms with Crippen LogP contribution in [0.25, 0.3) is 0 Å². The maximum Gasteiger partial charge on any atom is 0.253 e. The molecule has 1 aliphatic carbocycles. The third-order valence-electron chi connectivity index (χ3n) is 4.84. The van der Waals surface area contributed by atoms with Gasteiger partial charge in [0.05, 0.1) is 11.3 Å². The molecule has 2 aromatic rings. The molecule has 1 amide bonds. The van der Waals surface area contributed by atoms with E-state index in [2.05, 4.69) is 20.3 Å². The number of carbonyl (C=O) groups excluding carboxylic acids is 2. The van der Waals surface area contributed by atoms with E-state index in [1.807, 2.05) is 6.92 Å². The molecule has 1 aliphatic rings. The molecule has 0 aromatic carbocycles. The van der Waals surface area contributed by atoms with Gasteiger partial charge in [-0.2, -0.15) is 0 Å². The van der Waals surface area contributed by atoms with Crippen molar-refractivity contribution in [3.63, 3.8) is 0 Å². The summed E-state index contributed by atoms with van der Waals surface area (Å²) >= 11 is 0. The molecule has 2 N–H and O–H groups in total. The standard InChI is InChI=1S/C19H24N4O2/c1-10-17(12(3)22-18(10)13(4)24)19(25)20-9-8-16-21-11(2)14-6-5-7-15(14)23-16/h22H,5-9H2,1-4H3,(H,20,25). The van der Waals surface area contributed by atoms with Gasteiger partial charge in [-0.05, 0) is 51.2 Å². The Morgan fingerprint density at radius 3 is 2.60 bits per heavy atom. The fraction of sp³-hybridized carbons (Fsp3) is 0.474. The normalized spacial score (nSPS) is 13.0. The molecule has 0 spiro atoms. The SMILES string of the molecule is CC(=O)c1[nH]c(C)c(C(=O)NCCc2nc(C)c3c(n2)CCC3)c1C. The highest BCUT2D eigenvalue weighted by Gasteiger charge is 2.20. The van der Waals surface area contributed by atoms with Crippen molar-refractivity contribution in [3.8, 4) is 0 Å². The van der Waals surface area contributed by atoms with E-state index in [4.69, 9.17) is 0 Å². The quantitative estimate of drug-likeness (QED) is 0.818. The number of carbonyl (C=O) groups is 2. The minimum Gasteiger partial charge on any atom is -0.355 e. The molecule has 6 heteroatoms. The van der Waals surface area contributed by atoms with Crippen molar-refractivity contribution in [1.29, 1.82) is 0 Å². The summed E-state index contributed by atoms with van der Waals surface area (Å²) in [7, 11) is 0. The average Bonchev–Trinajstić information content (AvgIpc) is 3.12. The van der Waals surface area contributed by atoms with E-state index in [0.29, 0.717) is 35.5 Å². The number of nitrogens with zero attached hydrogens (tertiary/aromatic N) is 2. The number of amides is 1. The number of Topliss-reactive ketones (excluding diaryl/α,β-unsaturated/α-hetero) is 1. The van der Waals surface area contributed by atoms with E-state index in [0.717, 1.165) is 36.5 Å². The molecule has 0 atom stereocenters. The van der Waals surface area contributed by atoms with Crippen LogP contribution in [0.15, 0.2) is 0 Å². The van der Waals surface area contributed by atoms with Gasteiger partial charge in [-0.3, -0.25) is 9.59 Å². The molecule has 0 saturated carbocycles. The zero-order valence-electron chi connectivity index (χ0n) is 15.2. The fourth-order valence-corrected chi connectivity index (χ4v) is 3.61. The van der Waals surface area contributed by atoms with Crippen LogP contribution in [0.2, 0.25) is 0 Å². The van der Waals surface area contributed by atoms with E-state index in [1.54, 1.807) is 13.8 Å². The molecule has 0 radical (unpaired) electrons. The first-order chi connectivity index (χ1) is 11.9. The predicted octanol–water partition coefficient (Wildman–Crippen LogP) is 2.39. The summed E-state index contributed by atoms with van der Waals surface area (Å²) < 4.78 is 0. The van der Waals surface area contributed by atoms with Crippen LogP contribution in [0, 0.1) is 20.8 Å². The lowest BCUT2D eigenvalue weighted by atomic mass is 10.1. The number of ketones is 1. The number of fused-ring (bicyclic) bond motifs is 1. The molecule has 0 unspecified atom stereocenters. The summed E-state index contributed by atoms with van der Waals surface area (Å²) in [6.45, 7) is 7.59. The van der Waals surface area contributed by atoms with Crippen LogP contribution >= 0.6 is 0 Å². The highest BCUT2D eigenvalue weighted by Crippen LogP contribution is 2.22. The Morgan fingerprint density at radius 2 is 1.92 bits per heavy atom. The number of aromatic nitrogens is 3. The molecule has 0 bridgehead atoms. The smallest absolute Gasteiger partial charge is 0.253 e. The number of hydrogen-bond donors (Lipinski definition) is 2. The van der Waals surface area contributed by atoms with Crippen LogP contribution < -0.4 is 5.32 Å². The largest absolute Gasteiger partial charge is 0.355 e. The van der Waals surface area contributed by atoms with Crippen LogP contribution in [0.4, 0.5) is 0 Å². The van der Waals surface area contributed by atoms with Gasteiger partial charge in [0.25, 0.3) is 5.91 Å². The summed E-state index contributed by atoms with van der Waals surface area (Å²) in [5, 5.41) is 2.92. The molecule has 132 valence electrons. The van der Waals surface area contributed by atoms with E-state index in [9.17, 15) is 9.59 Å².